The van der Waals surface area contributed by atoms with E-state index in [0.717, 1.165) is 19.3 Å². The molecule has 2 aromatic carbocycles. The lowest BCUT2D eigenvalue weighted by Gasteiger charge is -2.25. The van der Waals surface area contributed by atoms with Crippen LogP contribution in [-0.4, -0.2) is 19.3 Å². The molecule has 2 rings (SSSR count). The SMILES string of the molecule is C=CCc1cccc(C(OCCC(C)(C)OC)c2cccc(CC=C)c2)c1.CCC. The van der Waals surface area contributed by atoms with Gasteiger partial charge in [0.1, 0.15) is 6.10 Å². The Morgan fingerprint density at radius 3 is 1.77 bits per heavy atom. The molecule has 0 aromatic heterocycles. The van der Waals surface area contributed by atoms with Crippen LogP contribution < -0.4 is 0 Å². The van der Waals surface area contributed by atoms with E-state index in [1.54, 1.807) is 7.11 Å². The molecular formula is C28H40O2. The van der Waals surface area contributed by atoms with Gasteiger partial charge in [0.05, 0.1) is 12.2 Å². The summed E-state index contributed by atoms with van der Waals surface area (Å²) in [6.07, 6.45) is 7.55. The van der Waals surface area contributed by atoms with Gasteiger partial charge in [0.25, 0.3) is 0 Å². The second-order valence-corrected chi connectivity index (χ2v) is 8.15. The van der Waals surface area contributed by atoms with Crippen molar-refractivity contribution in [2.45, 2.75) is 65.1 Å². The minimum Gasteiger partial charge on any atom is -0.379 e. The first-order chi connectivity index (χ1) is 14.4. The summed E-state index contributed by atoms with van der Waals surface area (Å²) in [6.45, 7) is 16.8. The Morgan fingerprint density at radius 2 is 1.37 bits per heavy atom. The van der Waals surface area contributed by atoms with Crippen LogP contribution in [0.3, 0.4) is 0 Å². The number of allylic oxidation sites excluding steroid dienone is 2. The lowest BCUT2D eigenvalue weighted by Crippen LogP contribution is -2.25. The summed E-state index contributed by atoms with van der Waals surface area (Å²) in [5.74, 6) is 0. The molecule has 0 unspecified atom stereocenters. The van der Waals surface area contributed by atoms with E-state index in [4.69, 9.17) is 9.47 Å². The van der Waals surface area contributed by atoms with Gasteiger partial charge in [-0.3, -0.25) is 0 Å². The predicted molar refractivity (Wildman–Crippen MR) is 130 cm³/mol. The first kappa shape index (κ1) is 25.9. The van der Waals surface area contributed by atoms with E-state index in [0.29, 0.717) is 6.61 Å². The molecule has 30 heavy (non-hydrogen) atoms. The lowest BCUT2D eigenvalue weighted by atomic mass is 9.96. The molecular weight excluding hydrogens is 368 g/mol. The van der Waals surface area contributed by atoms with Gasteiger partial charge >= 0.3 is 0 Å². The van der Waals surface area contributed by atoms with Crippen LogP contribution in [0.2, 0.25) is 0 Å². The first-order valence-electron chi connectivity index (χ1n) is 11.0. The smallest absolute Gasteiger partial charge is 0.108 e. The molecule has 0 aliphatic heterocycles. The normalized spacial score (nSPS) is 11.0. The van der Waals surface area contributed by atoms with Crippen LogP contribution in [0.4, 0.5) is 0 Å². The van der Waals surface area contributed by atoms with Crippen molar-refractivity contribution in [3.05, 3.63) is 96.1 Å². The van der Waals surface area contributed by atoms with Crippen molar-refractivity contribution < 1.29 is 9.47 Å². The Hall–Kier alpha value is -2.16. The molecule has 164 valence electrons. The highest BCUT2D eigenvalue weighted by Crippen LogP contribution is 2.29. The average Bonchev–Trinajstić information content (AvgIpc) is 2.73. The first-order valence-corrected chi connectivity index (χ1v) is 11.0. The van der Waals surface area contributed by atoms with Crippen molar-refractivity contribution in [3.63, 3.8) is 0 Å². The zero-order chi connectivity index (χ0) is 22.4. The lowest BCUT2D eigenvalue weighted by molar-refractivity contribution is -0.0203. The Bertz CT molecular complexity index is 707. The second kappa shape index (κ2) is 14.0. The Kier molecular flexibility index (Phi) is 12.0. The van der Waals surface area contributed by atoms with Gasteiger partial charge in [-0.15, -0.1) is 13.2 Å². The zero-order valence-corrected chi connectivity index (χ0v) is 19.6. The van der Waals surface area contributed by atoms with Crippen LogP contribution in [0.15, 0.2) is 73.8 Å². The van der Waals surface area contributed by atoms with Crippen molar-refractivity contribution >= 4 is 0 Å². The van der Waals surface area contributed by atoms with Crippen molar-refractivity contribution in [3.8, 4) is 0 Å². The number of rotatable bonds is 11. The Morgan fingerprint density at radius 1 is 0.900 bits per heavy atom. The van der Waals surface area contributed by atoms with E-state index in [1.807, 2.05) is 12.2 Å². The molecule has 0 aliphatic rings. The minimum absolute atomic E-state index is 0.104. The van der Waals surface area contributed by atoms with Crippen LogP contribution in [0.25, 0.3) is 0 Å². The minimum atomic E-state index is -0.195. The van der Waals surface area contributed by atoms with Crippen LogP contribution in [0, 0.1) is 0 Å². The monoisotopic (exact) mass is 408 g/mol. The zero-order valence-electron chi connectivity index (χ0n) is 19.6. The maximum atomic E-state index is 6.39. The Balaban J connectivity index is 0.00000141. The van der Waals surface area contributed by atoms with Crippen LogP contribution in [0.5, 0.6) is 0 Å². The van der Waals surface area contributed by atoms with Crippen LogP contribution in [-0.2, 0) is 22.3 Å². The van der Waals surface area contributed by atoms with Crippen molar-refractivity contribution in [2.75, 3.05) is 13.7 Å². The highest BCUT2D eigenvalue weighted by Gasteiger charge is 2.20. The number of ether oxygens (including phenoxy) is 2. The fourth-order valence-electron chi connectivity index (χ4n) is 3.01. The molecule has 0 aliphatic carbocycles. The van der Waals surface area contributed by atoms with Crippen LogP contribution in [0.1, 0.15) is 68.9 Å². The quantitative estimate of drug-likeness (QED) is 0.359. The molecule has 0 bridgehead atoms. The molecule has 0 saturated heterocycles. The third kappa shape index (κ3) is 9.11. The molecule has 0 N–H and O–H groups in total. The fraction of sp³-hybridized carbons (Fsp3) is 0.429. The van der Waals surface area contributed by atoms with Gasteiger partial charge in [-0.25, -0.2) is 0 Å². The highest BCUT2D eigenvalue weighted by atomic mass is 16.5. The van der Waals surface area contributed by atoms with E-state index in [-0.39, 0.29) is 11.7 Å². The van der Waals surface area contributed by atoms with E-state index in [1.165, 1.54) is 28.7 Å². The van der Waals surface area contributed by atoms with Gasteiger partial charge in [-0.1, -0.05) is 81.0 Å². The van der Waals surface area contributed by atoms with E-state index in [2.05, 4.69) is 89.4 Å². The standard InChI is InChI=1S/C25H32O2.C3H8/c1-6-10-20-12-8-14-22(18-20)24(27-17-16-25(3,4)26-5)23-15-9-13-21(19-23)11-7-2;1-3-2/h6-9,12-15,18-19,24H,1-2,10-11,16-17H2,3-5H3;3H2,1-2H3. The Labute approximate surface area is 184 Å². The van der Waals surface area contributed by atoms with E-state index >= 15 is 0 Å². The maximum absolute atomic E-state index is 6.39. The molecule has 0 amide bonds. The van der Waals surface area contributed by atoms with Gasteiger partial charge in [0.15, 0.2) is 0 Å². The summed E-state index contributed by atoms with van der Waals surface area (Å²) >= 11 is 0. The molecule has 0 atom stereocenters. The summed E-state index contributed by atoms with van der Waals surface area (Å²) in [5.41, 5.74) is 4.63. The molecule has 0 heterocycles. The van der Waals surface area contributed by atoms with Gasteiger partial charge in [-0.05, 0) is 55.4 Å². The molecule has 2 nitrogen and oxygen atoms in total. The summed E-state index contributed by atoms with van der Waals surface area (Å²) in [7, 11) is 1.75. The molecule has 2 heteroatoms. The van der Waals surface area contributed by atoms with Crippen LogP contribution >= 0.6 is 0 Å². The summed E-state index contributed by atoms with van der Waals surface area (Å²) in [5, 5.41) is 0. The number of benzene rings is 2. The molecule has 0 saturated carbocycles. The number of hydrogen-bond donors (Lipinski definition) is 0. The predicted octanol–water partition coefficient (Wildman–Crippen LogP) is 7.48. The maximum Gasteiger partial charge on any atom is 0.108 e. The van der Waals surface area contributed by atoms with Gasteiger partial charge in [-0.2, -0.15) is 0 Å². The molecule has 0 fully saturated rings. The van der Waals surface area contributed by atoms with E-state index < -0.39 is 0 Å². The van der Waals surface area contributed by atoms with Gasteiger partial charge in [0.2, 0.25) is 0 Å². The van der Waals surface area contributed by atoms with Gasteiger partial charge < -0.3 is 9.47 Å². The molecule has 2 aromatic rings. The van der Waals surface area contributed by atoms with Gasteiger partial charge in [0, 0.05) is 7.11 Å². The summed E-state index contributed by atoms with van der Waals surface area (Å²) in [6, 6.07) is 17.2. The van der Waals surface area contributed by atoms with Crippen molar-refractivity contribution in [2.24, 2.45) is 0 Å². The highest BCUT2D eigenvalue weighted by molar-refractivity contribution is 5.36. The number of hydrogen-bond acceptors (Lipinski definition) is 2. The van der Waals surface area contributed by atoms with Crippen molar-refractivity contribution in [1.29, 1.82) is 0 Å². The number of methoxy groups -OCH3 is 1. The largest absolute Gasteiger partial charge is 0.379 e. The third-order valence-electron chi connectivity index (χ3n) is 4.81. The average molecular weight is 409 g/mol. The summed E-state index contributed by atoms with van der Waals surface area (Å²) in [4.78, 5) is 0. The van der Waals surface area contributed by atoms with E-state index in [9.17, 15) is 0 Å². The third-order valence-corrected chi connectivity index (χ3v) is 4.81. The molecule has 0 radical (unpaired) electrons. The van der Waals surface area contributed by atoms with Crippen molar-refractivity contribution in [1.82, 2.24) is 0 Å². The fourth-order valence-corrected chi connectivity index (χ4v) is 3.01. The molecule has 0 spiro atoms. The topological polar surface area (TPSA) is 18.5 Å². The second-order valence-electron chi connectivity index (χ2n) is 8.15. The summed E-state index contributed by atoms with van der Waals surface area (Å²) < 4.78 is 11.9.